The lowest BCUT2D eigenvalue weighted by Crippen LogP contribution is -2.24. The maximum atomic E-state index is 11.7. The molecule has 1 aromatic heterocycles. The molecule has 1 aromatic carbocycles. The van der Waals surface area contributed by atoms with Gasteiger partial charge in [-0.25, -0.2) is 0 Å². The first-order chi connectivity index (χ1) is 8.24. The van der Waals surface area contributed by atoms with Crippen LogP contribution >= 0.6 is 11.3 Å². The van der Waals surface area contributed by atoms with E-state index in [1.165, 1.54) is 10.4 Å². The molecular formula is C14H15NOS. The third kappa shape index (κ3) is 3.71. The second kappa shape index (κ2) is 5.64. The van der Waals surface area contributed by atoms with Crippen LogP contribution in [0.3, 0.4) is 0 Å². The Bertz CT molecular complexity index is 491. The number of hydrogen-bond donors (Lipinski definition) is 1. The topological polar surface area (TPSA) is 29.1 Å². The number of rotatable bonds is 4. The van der Waals surface area contributed by atoms with Gasteiger partial charge in [-0.15, -0.1) is 11.3 Å². The van der Waals surface area contributed by atoms with Crippen molar-refractivity contribution in [1.82, 2.24) is 5.32 Å². The minimum absolute atomic E-state index is 0.0731. The highest BCUT2D eigenvalue weighted by Crippen LogP contribution is 2.08. The monoisotopic (exact) mass is 245 g/mol. The standard InChI is InChI=1S/C14H15NOS/c1-11-4-2-5-12(8-11)9-14(16)15-10-13-6-3-7-17-13/h2-8H,9-10H2,1H3,(H,15,16). The normalized spacial score (nSPS) is 10.2. The molecule has 0 bridgehead atoms. The maximum absolute atomic E-state index is 11.7. The molecule has 88 valence electrons. The average Bonchev–Trinajstić information content (AvgIpc) is 2.79. The number of carbonyl (C=O) groups excluding carboxylic acids is 1. The van der Waals surface area contributed by atoms with Gasteiger partial charge in [0.05, 0.1) is 13.0 Å². The number of hydrogen-bond acceptors (Lipinski definition) is 2. The highest BCUT2D eigenvalue weighted by molar-refractivity contribution is 7.09. The summed E-state index contributed by atoms with van der Waals surface area (Å²) in [6, 6.07) is 12.1. The van der Waals surface area contributed by atoms with Crippen LogP contribution in [0.2, 0.25) is 0 Å². The first-order valence-corrected chi connectivity index (χ1v) is 6.46. The van der Waals surface area contributed by atoms with Crippen molar-refractivity contribution < 1.29 is 4.79 Å². The molecule has 0 aliphatic carbocycles. The summed E-state index contributed by atoms with van der Waals surface area (Å²) in [5, 5.41) is 4.94. The van der Waals surface area contributed by atoms with Crippen LogP contribution in [-0.4, -0.2) is 5.91 Å². The zero-order valence-corrected chi connectivity index (χ0v) is 10.6. The van der Waals surface area contributed by atoms with E-state index in [1.807, 2.05) is 48.7 Å². The summed E-state index contributed by atoms with van der Waals surface area (Å²) in [5.74, 6) is 0.0731. The molecule has 2 rings (SSSR count). The van der Waals surface area contributed by atoms with Gasteiger partial charge in [-0.05, 0) is 23.9 Å². The van der Waals surface area contributed by atoms with Crippen LogP contribution in [0.25, 0.3) is 0 Å². The van der Waals surface area contributed by atoms with Crippen molar-refractivity contribution in [3.8, 4) is 0 Å². The molecule has 0 saturated carbocycles. The lowest BCUT2D eigenvalue weighted by Gasteiger charge is -2.04. The summed E-state index contributed by atoms with van der Waals surface area (Å²) < 4.78 is 0. The van der Waals surface area contributed by atoms with Gasteiger partial charge in [0, 0.05) is 4.88 Å². The van der Waals surface area contributed by atoms with E-state index >= 15 is 0 Å². The van der Waals surface area contributed by atoms with E-state index in [0.717, 1.165) is 5.56 Å². The van der Waals surface area contributed by atoms with E-state index in [0.29, 0.717) is 13.0 Å². The summed E-state index contributed by atoms with van der Waals surface area (Å²) in [6.45, 7) is 2.66. The number of nitrogens with one attached hydrogen (secondary N) is 1. The zero-order chi connectivity index (χ0) is 12.1. The molecule has 3 heteroatoms. The Morgan fingerprint density at radius 2 is 2.18 bits per heavy atom. The van der Waals surface area contributed by atoms with Crippen LogP contribution in [0, 0.1) is 6.92 Å². The lowest BCUT2D eigenvalue weighted by molar-refractivity contribution is -0.120. The van der Waals surface area contributed by atoms with Gasteiger partial charge in [-0.2, -0.15) is 0 Å². The molecule has 1 N–H and O–H groups in total. The fraction of sp³-hybridized carbons (Fsp3) is 0.214. The van der Waals surface area contributed by atoms with Crippen LogP contribution in [-0.2, 0) is 17.8 Å². The molecule has 0 radical (unpaired) electrons. The number of amides is 1. The Balaban J connectivity index is 1.85. The van der Waals surface area contributed by atoms with Gasteiger partial charge in [0.1, 0.15) is 0 Å². The van der Waals surface area contributed by atoms with E-state index in [9.17, 15) is 4.79 Å². The predicted octanol–water partition coefficient (Wildman–Crippen LogP) is 2.92. The Kier molecular flexibility index (Phi) is 3.94. The van der Waals surface area contributed by atoms with E-state index in [4.69, 9.17) is 0 Å². The summed E-state index contributed by atoms with van der Waals surface area (Å²) in [7, 11) is 0. The first kappa shape index (κ1) is 11.9. The number of aryl methyl sites for hydroxylation is 1. The largest absolute Gasteiger partial charge is 0.351 e. The minimum atomic E-state index is 0.0731. The van der Waals surface area contributed by atoms with Crippen LogP contribution in [0.15, 0.2) is 41.8 Å². The van der Waals surface area contributed by atoms with Gasteiger partial charge >= 0.3 is 0 Å². The van der Waals surface area contributed by atoms with Gasteiger partial charge in [0.25, 0.3) is 0 Å². The molecule has 0 aliphatic heterocycles. The number of thiophene rings is 1. The molecule has 2 nitrogen and oxygen atoms in total. The molecule has 0 fully saturated rings. The van der Waals surface area contributed by atoms with Crippen molar-refractivity contribution in [3.05, 3.63) is 57.8 Å². The Morgan fingerprint density at radius 1 is 1.29 bits per heavy atom. The third-order valence-electron chi connectivity index (χ3n) is 2.49. The first-order valence-electron chi connectivity index (χ1n) is 5.58. The lowest BCUT2D eigenvalue weighted by atomic mass is 10.1. The maximum Gasteiger partial charge on any atom is 0.224 e. The fourth-order valence-electron chi connectivity index (χ4n) is 1.67. The van der Waals surface area contributed by atoms with E-state index in [-0.39, 0.29) is 5.91 Å². The summed E-state index contributed by atoms with van der Waals surface area (Å²) in [4.78, 5) is 12.9. The molecule has 2 aromatic rings. The smallest absolute Gasteiger partial charge is 0.224 e. The molecular weight excluding hydrogens is 230 g/mol. The second-order valence-corrected chi connectivity index (χ2v) is 5.05. The predicted molar refractivity (Wildman–Crippen MR) is 71.0 cm³/mol. The number of benzene rings is 1. The molecule has 17 heavy (non-hydrogen) atoms. The van der Waals surface area contributed by atoms with Gasteiger partial charge in [-0.3, -0.25) is 4.79 Å². The van der Waals surface area contributed by atoms with Gasteiger partial charge in [-0.1, -0.05) is 35.9 Å². The fourth-order valence-corrected chi connectivity index (χ4v) is 2.31. The highest BCUT2D eigenvalue weighted by Gasteiger charge is 2.03. The summed E-state index contributed by atoms with van der Waals surface area (Å²) in [6.07, 6.45) is 0.451. The van der Waals surface area contributed by atoms with Crippen molar-refractivity contribution >= 4 is 17.2 Å². The molecule has 1 heterocycles. The van der Waals surface area contributed by atoms with E-state index < -0.39 is 0 Å². The van der Waals surface area contributed by atoms with Crippen LogP contribution in [0.4, 0.5) is 0 Å². The zero-order valence-electron chi connectivity index (χ0n) is 9.77. The van der Waals surface area contributed by atoms with Crippen molar-refractivity contribution in [2.75, 3.05) is 0 Å². The third-order valence-corrected chi connectivity index (χ3v) is 3.36. The van der Waals surface area contributed by atoms with Gasteiger partial charge < -0.3 is 5.32 Å². The number of carbonyl (C=O) groups is 1. The molecule has 1 amide bonds. The van der Waals surface area contributed by atoms with Crippen molar-refractivity contribution in [1.29, 1.82) is 0 Å². The summed E-state index contributed by atoms with van der Waals surface area (Å²) >= 11 is 1.66. The minimum Gasteiger partial charge on any atom is -0.351 e. The quantitative estimate of drug-likeness (QED) is 0.881. The van der Waals surface area contributed by atoms with Crippen molar-refractivity contribution in [2.24, 2.45) is 0 Å². The van der Waals surface area contributed by atoms with Gasteiger partial charge in [0.15, 0.2) is 0 Å². The molecule has 0 atom stereocenters. The highest BCUT2D eigenvalue weighted by atomic mass is 32.1. The van der Waals surface area contributed by atoms with Crippen molar-refractivity contribution in [3.63, 3.8) is 0 Å². The molecule has 0 spiro atoms. The molecule has 0 unspecified atom stereocenters. The van der Waals surface area contributed by atoms with E-state index in [2.05, 4.69) is 5.32 Å². The van der Waals surface area contributed by atoms with E-state index in [1.54, 1.807) is 11.3 Å². The van der Waals surface area contributed by atoms with Crippen LogP contribution in [0.1, 0.15) is 16.0 Å². The van der Waals surface area contributed by atoms with Crippen molar-refractivity contribution in [2.45, 2.75) is 19.9 Å². The van der Waals surface area contributed by atoms with Crippen LogP contribution < -0.4 is 5.32 Å². The Hall–Kier alpha value is -1.61. The molecule has 0 aliphatic rings. The average molecular weight is 245 g/mol. The SMILES string of the molecule is Cc1cccc(CC(=O)NCc2cccs2)c1. The molecule has 0 saturated heterocycles. The summed E-state index contributed by atoms with van der Waals surface area (Å²) in [5.41, 5.74) is 2.25. The second-order valence-electron chi connectivity index (χ2n) is 4.02. The van der Waals surface area contributed by atoms with Crippen LogP contribution in [0.5, 0.6) is 0 Å². The Labute approximate surface area is 105 Å². The Morgan fingerprint density at radius 3 is 2.88 bits per heavy atom. The van der Waals surface area contributed by atoms with Gasteiger partial charge in [0.2, 0.25) is 5.91 Å².